The van der Waals surface area contributed by atoms with Gasteiger partial charge in [-0.1, -0.05) is 99.0 Å². The van der Waals surface area contributed by atoms with E-state index in [2.05, 4.69) is 54.0 Å². The summed E-state index contributed by atoms with van der Waals surface area (Å²) in [7, 11) is 0. The zero-order valence-electron chi connectivity index (χ0n) is 12.6. The molecule has 0 aromatic heterocycles. The van der Waals surface area contributed by atoms with Gasteiger partial charge in [0, 0.05) is 4.83 Å². The lowest BCUT2D eigenvalue weighted by atomic mass is 10.0. The van der Waals surface area contributed by atoms with Gasteiger partial charge in [0.25, 0.3) is 0 Å². The molecule has 1 aromatic rings. The van der Waals surface area contributed by atoms with Gasteiger partial charge in [-0.15, -0.1) is 0 Å². The summed E-state index contributed by atoms with van der Waals surface area (Å²) in [6.45, 7) is 4.51. The minimum absolute atomic E-state index is 0.536. The molecule has 1 atom stereocenters. The van der Waals surface area contributed by atoms with Crippen LogP contribution in [-0.2, 0) is 6.42 Å². The summed E-state index contributed by atoms with van der Waals surface area (Å²) in [6.07, 6.45) is 12.0. The van der Waals surface area contributed by atoms with Crippen LogP contribution in [0.25, 0.3) is 0 Å². The van der Waals surface area contributed by atoms with E-state index in [0.717, 1.165) is 0 Å². The van der Waals surface area contributed by atoms with E-state index in [9.17, 15) is 0 Å². The number of unbranched alkanes of at least 4 members (excludes halogenated alkanes) is 5. The fraction of sp³-hybridized carbons (Fsp3) is 0.667. The lowest BCUT2D eigenvalue weighted by Gasteiger charge is -2.11. The molecule has 108 valence electrons. The Hall–Kier alpha value is -0.300. The Balaban J connectivity index is 2.23. The van der Waals surface area contributed by atoms with Crippen molar-refractivity contribution >= 4 is 15.9 Å². The summed E-state index contributed by atoms with van der Waals surface area (Å²) >= 11 is 3.83. The molecule has 0 aliphatic rings. The highest BCUT2D eigenvalue weighted by Crippen LogP contribution is 2.29. The van der Waals surface area contributed by atoms with Crippen LogP contribution in [0.2, 0.25) is 0 Å². The largest absolute Gasteiger partial charge is 0.0839 e. The molecular formula is C18H29Br. The maximum absolute atomic E-state index is 3.83. The highest BCUT2D eigenvalue weighted by Gasteiger charge is 2.06. The summed E-state index contributed by atoms with van der Waals surface area (Å²) in [5, 5.41) is 0. The fourth-order valence-corrected chi connectivity index (χ4v) is 3.08. The summed E-state index contributed by atoms with van der Waals surface area (Å²) in [5.74, 6) is 0. The average molecular weight is 325 g/mol. The highest BCUT2D eigenvalue weighted by atomic mass is 79.9. The first-order valence-electron chi connectivity index (χ1n) is 8.00. The van der Waals surface area contributed by atoms with Crippen molar-refractivity contribution in [2.24, 2.45) is 0 Å². The molecule has 0 saturated carbocycles. The molecule has 1 heteroatoms. The SMILES string of the molecule is CCCCCCCCC(Br)c1ccc(CCC)cc1. The zero-order valence-corrected chi connectivity index (χ0v) is 14.2. The maximum Gasteiger partial charge on any atom is 0.0395 e. The van der Waals surface area contributed by atoms with Crippen molar-refractivity contribution in [1.82, 2.24) is 0 Å². The topological polar surface area (TPSA) is 0 Å². The summed E-state index contributed by atoms with van der Waals surface area (Å²) < 4.78 is 0. The van der Waals surface area contributed by atoms with Crippen LogP contribution in [0.5, 0.6) is 0 Å². The van der Waals surface area contributed by atoms with E-state index in [1.807, 2.05) is 0 Å². The third-order valence-electron chi connectivity index (χ3n) is 3.69. The quantitative estimate of drug-likeness (QED) is 0.327. The van der Waals surface area contributed by atoms with Crippen LogP contribution < -0.4 is 0 Å². The van der Waals surface area contributed by atoms with E-state index < -0.39 is 0 Å². The molecule has 1 unspecified atom stereocenters. The van der Waals surface area contributed by atoms with Crippen molar-refractivity contribution in [3.63, 3.8) is 0 Å². The van der Waals surface area contributed by atoms with Crippen molar-refractivity contribution in [3.05, 3.63) is 35.4 Å². The van der Waals surface area contributed by atoms with Gasteiger partial charge in [-0.05, 0) is 24.0 Å². The van der Waals surface area contributed by atoms with Crippen LogP contribution in [0, 0.1) is 0 Å². The molecule has 0 aliphatic heterocycles. The predicted molar refractivity (Wildman–Crippen MR) is 90.1 cm³/mol. The monoisotopic (exact) mass is 324 g/mol. The van der Waals surface area contributed by atoms with E-state index in [1.165, 1.54) is 68.9 Å². The van der Waals surface area contributed by atoms with E-state index >= 15 is 0 Å². The number of hydrogen-bond donors (Lipinski definition) is 0. The van der Waals surface area contributed by atoms with Gasteiger partial charge >= 0.3 is 0 Å². The Morgan fingerprint density at radius 3 is 2.11 bits per heavy atom. The van der Waals surface area contributed by atoms with Crippen molar-refractivity contribution in [2.45, 2.75) is 76.5 Å². The number of benzene rings is 1. The lowest BCUT2D eigenvalue weighted by molar-refractivity contribution is 0.588. The zero-order chi connectivity index (χ0) is 13.9. The van der Waals surface area contributed by atoms with Crippen LogP contribution in [0.4, 0.5) is 0 Å². The van der Waals surface area contributed by atoms with Gasteiger partial charge in [0.15, 0.2) is 0 Å². The van der Waals surface area contributed by atoms with Gasteiger partial charge in [0.1, 0.15) is 0 Å². The molecule has 0 bridgehead atoms. The van der Waals surface area contributed by atoms with Crippen molar-refractivity contribution in [2.75, 3.05) is 0 Å². The first-order chi connectivity index (χ1) is 9.27. The van der Waals surface area contributed by atoms with E-state index in [-0.39, 0.29) is 0 Å². The van der Waals surface area contributed by atoms with Crippen LogP contribution in [0.3, 0.4) is 0 Å². The van der Waals surface area contributed by atoms with E-state index in [4.69, 9.17) is 0 Å². The minimum atomic E-state index is 0.536. The minimum Gasteiger partial charge on any atom is -0.0839 e. The highest BCUT2D eigenvalue weighted by molar-refractivity contribution is 9.09. The second kappa shape index (κ2) is 10.5. The molecule has 1 aromatic carbocycles. The van der Waals surface area contributed by atoms with Crippen LogP contribution >= 0.6 is 15.9 Å². The molecule has 0 aliphatic carbocycles. The molecule has 0 radical (unpaired) electrons. The lowest BCUT2D eigenvalue weighted by Crippen LogP contribution is -1.92. The van der Waals surface area contributed by atoms with Crippen LogP contribution in [0.15, 0.2) is 24.3 Å². The standard InChI is InChI=1S/C18H29Br/c1-3-5-6-7-8-9-11-18(19)17-14-12-16(10-4-2)13-15-17/h12-15,18H,3-11H2,1-2H3. The second-order valence-electron chi connectivity index (χ2n) is 5.52. The summed E-state index contributed by atoms with van der Waals surface area (Å²) in [6, 6.07) is 9.16. The molecule has 0 N–H and O–H groups in total. The van der Waals surface area contributed by atoms with Crippen LogP contribution in [0.1, 0.15) is 81.2 Å². The van der Waals surface area contributed by atoms with E-state index in [0.29, 0.717) is 4.83 Å². The number of alkyl halides is 1. The Bertz CT molecular complexity index is 315. The predicted octanol–water partition coefficient (Wildman–Crippen LogP) is 6.83. The van der Waals surface area contributed by atoms with Gasteiger partial charge in [0.2, 0.25) is 0 Å². The Morgan fingerprint density at radius 2 is 1.47 bits per heavy atom. The van der Waals surface area contributed by atoms with Crippen LogP contribution in [-0.4, -0.2) is 0 Å². The van der Waals surface area contributed by atoms with Gasteiger partial charge in [-0.2, -0.15) is 0 Å². The van der Waals surface area contributed by atoms with Gasteiger partial charge in [-0.3, -0.25) is 0 Å². The molecule has 19 heavy (non-hydrogen) atoms. The van der Waals surface area contributed by atoms with Gasteiger partial charge < -0.3 is 0 Å². The van der Waals surface area contributed by atoms with Gasteiger partial charge in [-0.25, -0.2) is 0 Å². The molecule has 0 amide bonds. The Kier molecular flexibility index (Phi) is 9.24. The second-order valence-corrected chi connectivity index (χ2v) is 6.62. The summed E-state index contributed by atoms with van der Waals surface area (Å²) in [4.78, 5) is 0.536. The van der Waals surface area contributed by atoms with Gasteiger partial charge in [0.05, 0.1) is 0 Å². The third-order valence-corrected chi connectivity index (χ3v) is 4.68. The molecule has 0 nitrogen and oxygen atoms in total. The first kappa shape index (κ1) is 16.8. The van der Waals surface area contributed by atoms with Crippen molar-refractivity contribution < 1.29 is 0 Å². The Labute approximate surface area is 128 Å². The molecule has 0 heterocycles. The number of rotatable bonds is 10. The molecule has 0 saturated heterocycles. The molecule has 0 fully saturated rings. The summed E-state index contributed by atoms with van der Waals surface area (Å²) in [5.41, 5.74) is 2.90. The molecular weight excluding hydrogens is 296 g/mol. The smallest absolute Gasteiger partial charge is 0.0395 e. The van der Waals surface area contributed by atoms with Crippen molar-refractivity contribution in [3.8, 4) is 0 Å². The molecule has 1 rings (SSSR count). The fourth-order valence-electron chi connectivity index (χ4n) is 2.45. The number of halogens is 1. The van der Waals surface area contributed by atoms with Crippen molar-refractivity contribution in [1.29, 1.82) is 0 Å². The third kappa shape index (κ3) is 7.15. The normalized spacial score (nSPS) is 12.6. The van der Waals surface area contributed by atoms with E-state index in [1.54, 1.807) is 0 Å². The first-order valence-corrected chi connectivity index (χ1v) is 8.92. The number of aryl methyl sites for hydroxylation is 1. The Morgan fingerprint density at radius 1 is 0.842 bits per heavy atom. The average Bonchev–Trinajstić information content (AvgIpc) is 2.43. The number of hydrogen-bond acceptors (Lipinski definition) is 0. The molecule has 0 spiro atoms. The maximum atomic E-state index is 3.83.